The first-order valence-electron chi connectivity index (χ1n) is 6.55. The van der Waals surface area contributed by atoms with Crippen molar-refractivity contribution in [2.24, 2.45) is 5.92 Å². The molecule has 3 heteroatoms. The Hall–Kier alpha value is -1.35. The zero-order chi connectivity index (χ0) is 13.5. The summed E-state index contributed by atoms with van der Waals surface area (Å²) in [6, 6.07) is 5.76. The van der Waals surface area contributed by atoms with Crippen LogP contribution in [0, 0.1) is 19.8 Å². The van der Waals surface area contributed by atoms with Crippen LogP contribution in [0.1, 0.15) is 41.3 Å². The summed E-state index contributed by atoms with van der Waals surface area (Å²) in [6.45, 7) is 6.85. The molecule has 0 heterocycles. The molecule has 18 heavy (non-hydrogen) atoms. The van der Waals surface area contributed by atoms with Crippen LogP contribution >= 0.6 is 0 Å². The van der Waals surface area contributed by atoms with E-state index < -0.39 is 0 Å². The highest BCUT2D eigenvalue weighted by atomic mass is 16.3. The Morgan fingerprint density at radius 1 is 1.39 bits per heavy atom. The molecule has 1 rings (SSSR count). The van der Waals surface area contributed by atoms with Crippen LogP contribution in [0.25, 0.3) is 0 Å². The Bertz CT molecular complexity index is 401. The molecule has 1 atom stereocenters. The van der Waals surface area contributed by atoms with Crippen molar-refractivity contribution >= 4 is 5.91 Å². The smallest absolute Gasteiger partial charge is 0.251 e. The van der Waals surface area contributed by atoms with Crippen LogP contribution in [0.3, 0.4) is 0 Å². The minimum absolute atomic E-state index is 0.0208. The summed E-state index contributed by atoms with van der Waals surface area (Å²) in [6.07, 6.45) is 1.71. The minimum atomic E-state index is -0.0208. The van der Waals surface area contributed by atoms with Gasteiger partial charge in [-0.15, -0.1) is 0 Å². The number of rotatable bonds is 6. The normalized spacial score (nSPS) is 12.2. The fourth-order valence-corrected chi connectivity index (χ4v) is 1.96. The quantitative estimate of drug-likeness (QED) is 0.813. The van der Waals surface area contributed by atoms with Crippen molar-refractivity contribution in [2.45, 2.75) is 33.6 Å². The summed E-state index contributed by atoms with van der Waals surface area (Å²) in [7, 11) is 0. The first-order chi connectivity index (χ1) is 8.60. The second kappa shape index (κ2) is 7.17. The van der Waals surface area contributed by atoms with Gasteiger partial charge >= 0.3 is 0 Å². The summed E-state index contributed by atoms with van der Waals surface area (Å²) in [4.78, 5) is 12.1. The van der Waals surface area contributed by atoms with Gasteiger partial charge in [0.25, 0.3) is 5.91 Å². The van der Waals surface area contributed by atoms with Crippen LogP contribution in [0.4, 0.5) is 0 Å². The highest BCUT2D eigenvalue weighted by molar-refractivity contribution is 5.95. The lowest BCUT2D eigenvalue weighted by Crippen LogP contribution is -2.30. The molecule has 0 saturated carbocycles. The summed E-state index contributed by atoms with van der Waals surface area (Å²) >= 11 is 0. The Morgan fingerprint density at radius 2 is 2.11 bits per heavy atom. The monoisotopic (exact) mass is 249 g/mol. The van der Waals surface area contributed by atoms with Gasteiger partial charge in [0.15, 0.2) is 0 Å². The Morgan fingerprint density at radius 3 is 2.72 bits per heavy atom. The lowest BCUT2D eigenvalue weighted by atomic mass is 10.0. The Kier molecular flexibility index (Phi) is 5.86. The van der Waals surface area contributed by atoms with E-state index >= 15 is 0 Å². The van der Waals surface area contributed by atoms with E-state index in [1.807, 2.05) is 32.0 Å². The van der Waals surface area contributed by atoms with Crippen molar-refractivity contribution in [1.82, 2.24) is 5.32 Å². The second-order valence-electron chi connectivity index (χ2n) is 4.74. The molecule has 0 aromatic heterocycles. The molecule has 0 aliphatic carbocycles. The molecule has 0 saturated heterocycles. The van der Waals surface area contributed by atoms with Gasteiger partial charge in [0.2, 0.25) is 0 Å². The van der Waals surface area contributed by atoms with Crippen molar-refractivity contribution in [2.75, 3.05) is 13.2 Å². The predicted molar refractivity (Wildman–Crippen MR) is 73.7 cm³/mol. The molecule has 1 aromatic carbocycles. The second-order valence-corrected chi connectivity index (χ2v) is 4.74. The van der Waals surface area contributed by atoms with E-state index in [4.69, 9.17) is 5.11 Å². The van der Waals surface area contributed by atoms with Crippen LogP contribution in [0.5, 0.6) is 0 Å². The predicted octanol–water partition coefficient (Wildman–Crippen LogP) is 2.44. The van der Waals surface area contributed by atoms with Gasteiger partial charge in [-0.25, -0.2) is 0 Å². The zero-order valence-corrected chi connectivity index (χ0v) is 11.5. The maximum atomic E-state index is 12.1. The number of carbonyl (C=O) groups is 1. The Balaban J connectivity index is 2.62. The summed E-state index contributed by atoms with van der Waals surface area (Å²) < 4.78 is 0. The molecule has 1 aromatic rings. The number of carbonyl (C=O) groups excluding carboxylic acids is 1. The van der Waals surface area contributed by atoms with Gasteiger partial charge in [0.1, 0.15) is 0 Å². The third kappa shape index (κ3) is 3.84. The number of amides is 1. The van der Waals surface area contributed by atoms with Gasteiger partial charge in [-0.1, -0.05) is 25.5 Å². The molecule has 0 spiro atoms. The van der Waals surface area contributed by atoms with E-state index in [0.717, 1.165) is 29.5 Å². The van der Waals surface area contributed by atoms with Crippen molar-refractivity contribution in [1.29, 1.82) is 0 Å². The highest BCUT2D eigenvalue weighted by Crippen LogP contribution is 2.13. The molecule has 1 unspecified atom stereocenters. The van der Waals surface area contributed by atoms with E-state index in [1.165, 1.54) is 0 Å². The molecular formula is C15H23NO2. The average molecular weight is 249 g/mol. The van der Waals surface area contributed by atoms with Gasteiger partial charge in [0, 0.05) is 18.7 Å². The van der Waals surface area contributed by atoms with Gasteiger partial charge in [-0.2, -0.15) is 0 Å². The largest absolute Gasteiger partial charge is 0.396 e. The number of aliphatic hydroxyl groups is 1. The number of benzene rings is 1. The van der Waals surface area contributed by atoms with Crippen molar-refractivity contribution in [3.8, 4) is 0 Å². The fraction of sp³-hybridized carbons (Fsp3) is 0.533. The molecule has 100 valence electrons. The molecule has 0 aliphatic heterocycles. The van der Waals surface area contributed by atoms with E-state index in [-0.39, 0.29) is 12.5 Å². The molecule has 2 N–H and O–H groups in total. The van der Waals surface area contributed by atoms with Crippen molar-refractivity contribution in [3.05, 3.63) is 34.9 Å². The number of hydrogen-bond donors (Lipinski definition) is 2. The van der Waals surface area contributed by atoms with E-state index in [9.17, 15) is 4.79 Å². The molecule has 1 amide bonds. The number of aliphatic hydroxyl groups excluding tert-OH is 1. The first-order valence-corrected chi connectivity index (χ1v) is 6.55. The standard InChI is InChI=1S/C15H23NO2/c1-4-13(8-9-17)10-16-15(18)14-7-5-6-11(2)12(14)3/h5-7,13,17H,4,8-10H2,1-3H3,(H,16,18). The van der Waals surface area contributed by atoms with Gasteiger partial charge in [-0.3, -0.25) is 4.79 Å². The van der Waals surface area contributed by atoms with Crippen LogP contribution in [-0.2, 0) is 0 Å². The Labute approximate surface area is 109 Å². The van der Waals surface area contributed by atoms with E-state index in [1.54, 1.807) is 0 Å². The average Bonchev–Trinajstić information content (AvgIpc) is 2.37. The zero-order valence-electron chi connectivity index (χ0n) is 11.5. The number of nitrogens with one attached hydrogen (secondary N) is 1. The maximum absolute atomic E-state index is 12.1. The number of hydrogen-bond acceptors (Lipinski definition) is 2. The van der Waals surface area contributed by atoms with E-state index in [0.29, 0.717) is 12.5 Å². The van der Waals surface area contributed by atoms with Crippen LogP contribution in [0.2, 0.25) is 0 Å². The summed E-state index contributed by atoms with van der Waals surface area (Å²) in [5, 5.41) is 11.9. The SMILES string of the molecule is CCC(CCO)CNC(=O)c1cccc(C)c1C. The maximum Gasteiger partial charge on any atom is 0.251 e. The van der Waals surface area contributed by atoms with Gasteiger partial charge in [-0.05, 0) is 43.4 Å². The van der Waals surface area contributed by atoms with E-state index in [2.05, 4.69) is 12.2 Å². The molecule has 0 fully saturated rings. The van der Waals surface area contributed by atoms with Crippen molar-refractivity contribution in [3.63, 3.8) is 0 Å². The number of aryl methyl sites for hydroxylation is 1. The minimum Gasteiger partial charge on any atom is -0.396 e. The molecule has 0 aliphatic rings. The molecular weight excluding hydrogens is 226 g/mol. The topological polar surface area (TPSA) is 49.3 Å². The van der Waals surface area contributed by atoms with Crippen molar-refractivity contribution < 1.29 is 9.90 Å². The molecule has 0 radical (unpaired) electrons. The lowest BCUT2D eigenvalue weighted by Gasteiger charge is -2.15. The van der Waals surface area contributed by atoms with Gasteiger partial charge < -0.3 is 10.4 Å². The van der Waals surface area contributed by atoms with Crippen LogP contribution < -0.4 is 5.32 Å². The van der Waals surface area contributed by atoms with Gasteiger partial charge in [0.05, 0.1) is 0 Å². The molecule has 3 nitrogen and oxygen atoms in total. The van der Waals surface area contributed by atoms with Crippen LogP contribution in [-0.4, -0.2) is 24.2 Å². The summed E-state index contributed by atoms with van der Waals surface area (Å²) in [5.41, 5.74) is 2.91. The first kappa shape index (κ1) is 14.7. The lowest BCUT2D eigenvalue weighted by molar-refractivity contribution is 0.0943. The third-order valence-electron chi connectivity index (χ3n) is 3.52. The summed E-state index contributed by atoms with van der Waals surface area (Å²) in [5.74, 6) is 0.330. The third-order valence-corrected chi connectivity index (χ3v) is 3.52. The fourth-order valence-electron chi connectivity index (χ4n) is 1.96. The molecule has 0 bridgehead atoms. The highest BCUT2D eigenvalue weighted by Gasteiger charge is 2.12. The van der Waals surface area contributed by atoms with Crippen LogP contribution in [0.15, 0.2) is 18.2 Å².